The Morgan fingerprint density at radius 2 is 1.41 bits per heavy atom. The van der Waals surface area contributed by atoms with Gasteiger partial charge in [-0.3, -0.25) is 0 Å². The first kappa shape index (κ1) is 17.6. The molecule has 0 unspecified atom stereocenters. The topological polar surface area (TPSA) is 30.7 Å². The summed E-state index contributed by atoms with van der Waals surface area (Å²) in [6, 6.07) is 32.6. The highest BCUT2D eigenvalue weighted by Gasteiger charge is 2.15. The Morgan fingerprint density at radius 1 is 0.625 bits per heavy atom. The van der Waals surface area contributed by atoms with E-state index in [0.717, 1.165) is 15.9 Å². The average molecular weight is 428 g/mol. The van der Waals surface area contributed by atoms with E-state index in [0.29, 0.717) is 0 Å². The van der Waals surface area contributed by atoms with E-state index < -0.39 is 0 Å². The molecule has 3 nitrogen and oxygen atoms in total. The van der Waals surface area contributed by atoms with Crippen LogP contribution in [0.15, 0.2) is 104 Å². The van der Waals surface area contributed by atoms with Gasteiger partial charge in [0.1, 0.15) is 6.33 Å². The maximum Gasteiger partial charge on any atom is 0.116 e. The molecule has 0 N–H and O–H groups in total. The molecule has 7 rings (SSSR count). The second kappa shape index (κ2) is 6.74. The molecule has 0 aliphatic carbocycles. The van der Waals surface area contributed by atoms with E-state index >= 15 is 0 Å². The second-order valence-electron chi connectivity index (χ2n) is 7.97. The number of para-hydroxylation sites is 1. The highest BCUT2D eigenvalue weighted by atomic mass is 32.1. The molecular weight excluding hydrogens is 410 g/mol. The second-order valence-corrected chi connectivity index (χ2v) is 9.05. The predicted molar refractivity (Wildman–Crippen MR) is 135 cm³/mol. The van der Waals surface area contributed by atoms with Gasteiger partial charge in [-0.05, 0) is 41.5 Å². The number of thiophene rings is 1. The van der Waals surface area contributed by atoms with E-state index in [1.165, 1.54) is 43.0 Å². The van der Waals surface area contributed by atoms with Crippen LogP contribution in [0.5, 0.6) is 0 Å². The number of hydrogen-bond acceptors (Lipinski definition) is 3. The molecule has 0 atom stereocenters. The molecule has 0 aliphatic heterocycles. The first-order valence-corrected chi connectivity index (χ1v) is 11.4. The molecule has 0 radical (unpaired) electrons. The minimum atomic E-state index is 1.03. The van der Waals surface area contributed by atoms with Crippen LogP contribution in [-0.2, 0) is 0 Å². The molecule has 0 fully saturated rings. The van der Waals surface area contributed by atoms with Gasteiger partial charge in [0.25, 0.3) is 0 Å². The van der Waals surface area contributed by atoms with Gasteiger partial charge in [0.2, 0.25) is 0 Å². The summed E-state index contributed by atoms with van der Waals surface area (Å²) in [6.07, 6.45) is 3.54. The summed E-state index contributed by atoms with van der Waals surface area (Å²) in [5, 5.41) is 3.71. The molecule has 150 valence electrons. The van der Waals surface area contributed by atoms with E-state index in [9.17, 15) is 0 Å². The van der Waals surface area contributed by atoms with Gasteiger partial charge in [0.05, 0.1) is 21.3 Å². The van der Waals surface area contributed by atoms with Crippen LogP contribution in [-0.4, -0.2) is 14.5 Å². The van der Waals surface area contributed by atoms with Gasteiger partial charge in [0, 0.05) is 32.7 Å². The molecule has 0 saturated carbocycles. The van der Waals surface area contributed by atoms with E-state index in [2.05, 4.69) is 106 Å². The SMILES string of the molecule is c1ccc(-c2ccc(-n3c4ccccc4c4cc5sc6cncnc6c5cc43)cc2)cc1. The third kappa shape index (κ3) is 2.53. The van der Waals surface area contributed by atoms with Gasteiger partial charge in [-0.15, -0.1) is 11.3 Å². The quantitative estimate of drug-likeness (QED) is 0.284. The average Bonchev–Trinajstić information content (AvgIpc) is 3.38. The van der Waals surface area contributed by atoms with Crippen molar-refractivity contribution in [3.8, 4) is 16.8 Å². The van der Waals surface area contributed by atoms with Crippen molar-refractivity contribution >= 4 is 53.4 Å². The molecule has 0 bridgehead atoms. The first-order valence-electron chi connectivity index (χ1n) is 10.6. The van der Waals surface area contributed by atoms with Crippen LogP contribution in [0.25, 0.3) is 58.9 Å². The van der Waals surface area contributed by atoms with Crippen molar-refractivity contribution in [2.75, 3.05) is 0 Å². The Hall–Kier alpha value is -4.02. The standard InChI is InChI=1S/C28H17N3S/c1-2-6-18(7-3-1)19-10-12-20(13-11-19)31-24-9-5-4-8-21(24)22-15-26-23(14-25(22)31)28-27(32-26)16-29-17-30-28/h1-17H. The lowest BCUT2D eigenvalue weighted by molar-refractivity contribution is 1.18. The number of hydrogen-bond donors (Lipinski definition) is 0. The Morgan fingerprint density at radius 3 is 2.28 bits per heavy atom. The highest BCUT2D eigenvalue weighted by molar-refractivity contribution is 7.25. The first-order chi connectivity index (χ1) is 15.9. The van der Waals surface area contributed by atoms with E-state index in [-0.39, 0.29) is 0 Å². The zero-order chi connectivity index (χ0) is 21.1. The third-order valence-corrected chi connectivity index (χ3v) is 7.24. The van der Waals surface area contributed by atoms with E-state index in [4.69, 9.17) is 0 Å². The van der Waals surface area contributed by atoms with Crippen molar-refractivity contribution in [2.24, 2.45) is 0 Å². The number of nitrogens with zero attached hydrogens (tertiary/aromatic N) is 3. The molecule has 7 aromatic rings. The Kier molecular flexibility index (Phi) is 3.72. The van der Waals surface area contributed by atoms with Gasteiger partial charge in [-0.2, -0.15) is 0 Å². The molecule has 4 aromatic carbocycles. The Labute approximate surface area is 188 Å². The molecule has 0 saturated heterocycles. The Balaban J connectivity index is 1.52. The van der Waals surface area contributed by atoms with Gasteiger partial charge in [-0.1, -0.05) is 60.7 Å². The molecule has 4 heteroatoms. The maximum absolute atomic E-state index is 4.57. The normalized spacial score (nSPS) is 11.8. The van der Waals surface area contributed by atoms with Crippen molar-refractivity contribution in [1.82, 2.24) is 14.5 Å². The minimum Gasteiger partial charge on any atom is -0.309 e. The van der Waals surface area contributed by atoms with Crippen molar-refractivity contribution < 1.29 is 0 Å². The lowest BCUT2D eigenvalue weighted by Crippen LogP contribution is -1.93. The molecule has 32 heavy (non-hydrogen) atoms. The fraction of sp³-hybridized carbons (Fsp3) is 0. The highest BCUT2D eigenvalue weighted by Crippen LogP contribution is 2.39. The van der Waals surface area contributed by atoms with Crippen LogP contribution in [0, 0.1) is 0 Å². The molecule has 0 aliphatic rings. The largest absolute Gasteiger partial charge is 0.309 e. The number of aromatic nitrogens is 3. The van der Waals surface area contributed by atoms with Gasteiger partial charge < -0.3 is 4.57 Å². The summed E-state index contributed by atoms with van der Waals surface area (Å²) in [5.74, 6) is 0. The third-order valence-electron chi connectivity index (χ3n) is 6.16. The predicted octanol–water partition coefficient (Wildman–Crippen LogP) is 7.61. The number of fused-ring (bicyclic) bond motifs is 6. The molecule has 0 spiro atoms. The van der Waals surface area contributed by atoms with Crippen molar-refractivity contribution in [2.45, 2.75) is 0 Å². The summed E-state index contributed by atoms with van der Waals surface area (Å²) in [7, 11) is 0. The summed E-state index contributed by atoms with van der Waals surface area (Å²) in [4.78, 5) is 8.78. The zero-order valence-electron chi connectivity index (χ0n) is 17.1. The smallest absolute Gasteiger partial charge is 0.116 e. The van der Waals surface area contributed by atoms with Gasteiger partial charge in [0.15, 0.2) is 0 Å². The summed E-state index contributed by atoms with van der Waals surface area (Å²) in [6.45, 7) is 0. The van der Waals surface area contributed by atoms with Crippen LogP contribution >= 0.6 is 11.3 Å². The fourth-order valence-electron chi connectivity index (χ4n) is 4.69. The minimum absolute atomic E-state index is 1.03. The monoisotopic (exact) mass is 427 g/mol. The lowest BCUT2D eigenvalue weighted by atomic mass is 10.1. The van der Waals surface area contributed by atoms with Crippen molar-refractivity contribution in [3.05, 3.63) is 104 Å². The van der Waals surface area contributed by atoms with Crippen LogP contribution in [0.4, 0.5) is 0 Å². The van der Waals surface area contributed by atoms with Crippen molar-refractivity contribution in [1.29, 1.82) is 0 Å². The summed E-state index contributed by atoms with van der Waals surface area (Å²) in [5.41, 5.74) is 7.05. The van der Waals surface area contributed by atoms with Crippen LogP contribution in [0.1, 0.15) is 0 Å². The zero-order valence-corrected chi connectivity index (χ0v) is 17.9. The van der Waals surface area contributed by atoms with E-state index in [1.54, 1.807) is 17.7 Å². The van der Waals surface area contributed by atoms with E-state index in [1.807, 2.05) is 6.20 Å². The maximum atomic E-state index is 4.57. The lowest BCUT2D eigenvalue weighted by Gasteiger charge is -2.09. The molecule has 3 aromatic heterocycles. The molecule has 0 amide bonds. The van der Waals surface area contributed by atoms with Gasteiger partial charge >= 0.3 is 0 Å². The molecular formula is C28H17N3S. The van der Waals surface area contributed by atoms with Crippen LogP contribution in [0.2, 0.25) is 0 Å². The van der Waals surface area contributed by atoms with Crippen LogP contribution in [0.3, 0.4) is 0 Å². The molecule has 3 heterocycles. The summed E-state index contributed by atoms with van der Waals surface area (Å²) >= 11 is 1.76. The fourth-order valence-corrected chi connectivity index (χ4v) is 5.74. The Bertz CT molecular complexity index is 1760. The van der Waals surface area contributed by atoms with Crippen molar-refractivity contribution in [3.63, 3.8) is 0 Å². The van der Waals surface area contributed by atoms with Gasteiger partial charge in [-0.25, -0.2) is 9.97 Å². The number of rotatable bonds is 2. The van der Waals surface area contributed by atoms with Crippen LogP contribution < -0.4 is 0 Å². The number of benzene rings is 4. The summed E-state index contributed by atoms with van der Waals surface area (Å²) < 4.78 is 4.73.